The Morgan fingerprint density at radius 3 is 1.60 bits per heavy atom. The molecule has 0 fully saturated rings. The Bertz CT molecular complexity index is 341. The number of aliphatic hydroxyl groups is 1. The molecule has 20 heavy (non-hydrogen) atoms. The van der Waals surface area contributed by atoms with Gasteiger partial charge in [0.25, 0.3) is 0 Å². The largest absolute Gasteiger partial charge is 0.395 e. The van der Waals surface area contributed by atoms with Crippen LogP contribution in [0.25, 0.3) is 0 Å². The first-order valence-electron chi connectivity index (χ1n) is 6.85. The van der Waals surface area contributed by atoms with Crippen molar-refractivity contribution in [3.63, 3.8) is 0 Å². The number of amides is 2. The normalized spacial score (nSPS) is 10.0. The maximum Gasteiger partial charge on any atom is 0.249 e. The molecule has 1 N–H and O–H groups in total. The van der Waals surface area contributed by atoms with E-state index in [0.717, 1.165) is 6.42 Å². The number of aliphatic hydroxyl groups excluding tert-OH is 1. The van der Waals surface area contributed by atoms with Crippen molar-refractivity contribution in [1.82, 2.24) is 9.80 Å². The van der Waals surface area contributed by atoms with E-state index in [2.05, 4.69) is 13.2 Å². The molecule has 0 rings (SSSR count). The Hall–Kier alpha value is -1.62. The highest BCUT2D eigenvalue weighted by molar-refractivity contribution is 5.93. The fourth-order valence-corrected chi connectivity index (χ4v) is 1.80. The number of hydrogen-bond acceptors (Lipinski definition) is 3. The molecule has 0 aromatic carbocycles. The molecule has 0 radical (unpaired) electrons. The van der Waals surface area contributed by atoms with E-state index < -0.39 is 0 Å². The topological polar surface area (TPSA) is 60.9 Å². The fourth-order valence-electron chi connectivity index (χ4n) is 1.80. The Kier molecular flexibility index (Phi) is 8.56. The molecule has 0 aliphatic heterocycles. The second kappa shape index (κ2) is 9.31. The minimum Gasteiger partial charge on any atom is -0.395 e. The van der Waals surface area contributed by atoms with Crippen LogP contribution in [0, 0.1) is 0 Å². The number of rotatable bonds is 9. The van der Waals surface area contributed by atoms with Crippen LogP contribution in [0.4, 0.5) is 0 Å². The van der Waals surface area contributed by atoms with Crippen molar-refractivity contribution in [2.24, 2.45) is 0 Å². The van der Waals surface area contributed by atoms with Crippen LogP contribution in [-0.2, 0) is 9.59 Å². The van der Waals surface area contributed by atoms with E-state index >= 15 is 0 Å². The van der Waals surface area contributed by atoms with Crippen LogP contribution in [0.1, 0.15) is 27.2 Å². The van der Waals surface area contributed by atoms with E-state index in [1.54, 1.807) is 18.7 Å². The van der Waals surface area contributed by atoms with Crippen molar-refractivity contribution in [2.75, 3.05) is 32.8 Å². The lowest BCUT2D eigenvalue weighted by Crippen LogP contribution is -2.42. The van der Waals surface area contributed by atoms with Crippen molar-refractivity contribution in [3.8, 4) is 0 Å². The lowest BCUT2D eigenvalue weighted by atomic mass is 10.2. The number of nitrogens with zero attached hydrogens (tertiary/aromatic N) is 2. The fraction of sp³-hybridized carbons (Fsp3) is 0.600. The average molecular weight is 282 g/mol. The van der Waals surface area contributed by atoms with E-state index in [1.165, 1.54) is 4.90 Å². The smallest absolute Gasteiger partial charge is 0.249 e. The van der Waals surface area contributed by atoms with Crippen LogP contribution in [-0.4, -0.2) is 59.5 Å². The maximum atomic E-state index is 12.0. The summed E-state index contributed by atoms with van der Waals surface area (Å²) in [5.41, 5.74) is 0.908. The van der Waals surface area contributed by atoms with Crippen molar-refractivity contribution in [2.45, 2.75) is 27.2 Å². The van der Waals surface area contributed by atoms with Gasteiger partial charge in [0.1, 0.15) is 0 Å². The van der Waals surface area contributed by atoms with E-state index in [-0.39, 0.29) is 25.0 Å². The molecule has 5 nitrogen and oxygen atoms in total. The molecule has 0 aromatic rings. The summed E-state index contributed by atoms with van der Waals surface area (Å²) in [6.07, 6.45) is 0.841. The van der Waals surface area contributed by atoms with Crippen molar-refractivity contribution < 1.29 is 14.7 Å². The third kappa shape index (κ3) is 6.02. The van der Waals surface area contributed by atoms with Gasteiger partial charge >= 0.3 is 0 Å². The first-order chi connectivity index (χ1) is 9.34. The van der Waals surface area contributed by atoms with Gasteiger partial charge in [-0.2, -0.15) is 0 Å². The summed E-state index contributed by atoms with van der Waals surface area (Å²) in [7, 11) is 0. The van der Waals surface area contributed by atoms with Gasteiger partial charge in [-0.25, -0.2) is 0 Å². The van der Waals surface area contributed by atoms with Crippen LogP contribution in [0.2, 0.25) is 0 Å². The highest BCUT2D eigenvalue weighted by Crippen LogP contribution is 2.03. The van der Waals surface area contributed by atoms with Gasteiger partial charge in [0.05, 0.1) is 6.61 Å². The van der Waals surface area contributed by atoms with Crippen LogP contribution in [0.5, 0.6) is 0 Å². The second-order valence-electron chi connectivity index (χ2n) is 4.87. The third-order valence-electron chi connectivity index (χ3n) is 2.81. The van der Waals surface area contributed by atoms with Gasteiger partial charge in [-0.3, -0.25) is 9.59 Å². The van der Waals surface area contributed by atoms with Crippen LogP contribution in [0.15, 0.2) is 24.3 Å². The van der Waals surface area contributed by atoms with Gasteiger partial charge < -0.3 is 14.9 Å². The van der Waals surface area contributed by atoms with E-state index in [4.69, 9.17) is 5.11 Å². The lowest BCUT2D eigenvalue weighted by Gasteiger charge is -2.27. The highest BCUT2D eigenvalue weighted by atomic mass is 16.3. The Morgan fingerprint density at radius 2 is 1.30 bits per heavy atom. The molecule has 0 aliphatic rings. The second-order valence-corrected chi connectivity index (χ2v) is 4.87. The molecular formula is C15H26N2O3. The molecule has 0 unspecified atom stereocenters. The van der Waals surface area contributed by atoms with Crippen LogP contribution in [0.3, 0.4) is 0 Å². The molecule has 0 saturated carbocycles. The van der Waals surface area contributed by atoms with Gasteiger partial charge in [-0.1, -0.05) is 20.1 Å². The zero-order chi connectivity index (χ0) is 15.7. The molecule has 2 amide bonds. The summed E-state index contributed by atoms with van der Waals surface area (Å²) in [5, 5.41) is 9.02. The summed E-state index contributed by atoms with van der Waals surface area (Å²) < 4.78 is 0. The minimum absolute atomic E-state index is 0.0985. The summed E-state index contributed by atoms with van der Waals surface area (Å²) >= 11 is 0. The third-order valence-corrected chi connectivity index (χ3v) is 2.81. The average Bonchev–Trinajstić information content (AvgIpc) is 2.39. The molecule has 0 atom stereocenters. The van der Waals surface area contributed by atoms with E-state index in [0.29, 0.717) is 30.8 Å². The number of carbonyl (C=O) groups is 2. The summed E-state index contributed by atoms with van der Waals surface area (Å²) in [4.78, 5) is 27.1. The quantitative estimate of drug-likeness (QED) is 0.646. The molecule has 114 valence electrons. The minimum atomic E-state index is -0.196. The Morgan fingerprint density at radius 1 is 0.900 bits per heavy atom. The first kappa shape index (κ1) is 18.4. The summed E-state index contributed by atoms with van der Waals surface area (Å²) in [6.45, 7) is 14.1. The van der Waals surface area contributed by atoms with Gasteiger partial charge in [0.2, 0.25) is 11.8 Å². The van der Waals surface area contributed by atoms with Gasteiger partial charge in [0.15, 0.2) is 0 Å². The van der Waals surface area contributed by atoms with Gasteiger partial charge in [0, 0.05) is 37.3 Å². The van der Waals surface area contributed by atoms with Crippen molar-refractivity contribution >= 4 is 11.8 Å². The van der Waals surface area contributed by atoms with Gasteiger partial charge in [-0.15, -0.1) is 0 Å². The first-order valence-corrected chi connectivity index (χ1v) is 6.85. The molecule has 0 aliphatic carbocycles. The van der Waals surface area contributed by atoms with Crippen molar-refractivity contribution in [1.29, 1.82) is 0 Å². The zero-order valence-electron chi connectivity index (χ0n) is 12.8. The molecular weight excluding hydrogens is 256 g/mol. The number of carbonyl (C=O) groups excluding carboxylic acids is 2. The predicted molar refractivity (Wildman–Crippen MR) is 80.2 cm³/mol. The molecule has 0 heterocycles. The van der Waals surface area contributed by atoms with Crippen molar-refractivity contribution in [3.05, 3.63) is 24.3 Å². The molecule has 0 aromatic heterocycles. The Balaban J connectivity index is 4.70. The lowest BCUT2D eigenvalue weighted by molar-refractivity contribution is -0.131. The molecule has 0 bridgehead atoms. The van der Waals surface area contributed by atoms with E-state index in [1.807, 2.05) is 6.92 Å². The highest BCUT2D eigenvalue weighted by Gasteiger charge is 2.18. The van der Waals surface area contributed by atoms with Crippen LogP contribution < -0.4 is 0 Å². The molecule has 5 heteroatoms. The predicted octanol–water partition coefficient (Wildman–Crippen LogP) is 1.20. The van der Waals surface area contributed by atoms with Crippen LogP contribution >= 0.6 is 0 Å². The summed E-state index contributed by atoms with van der Waals surface area (Å²) in [5.74, 6) is -0.295. The monoisotopic (exact) mass is 282 g/mol. The molecule has 0 saturated heterocycles. The summed E-state index contributed by atoms with van der Waals surface area (Å²) in [6, 6.07) is 0. The zero-order valence-corrected chi connectivity index (χ0v) is 12.8. The van der Waals surface area contributed by atoms with Gasteiger partial charge in [-0.05, 0) is 20.3 Å². The Labute approximate surface area is 121 Å². The standard InChI is InChI=1S/C15H26N2O3/c1-6-7-16(14(19)12(2)3)8-9-17(10-11-18)15(20)13(4)5/h18H,2,4,6-11H2,1,3,5H3. The maximum absolute atomic E-state index is 12.0. The van der Waals surface area contributed by atoms with E-state index in [9.17, 15) is 9.59 Å². The SMILES string of the molecule is C=C(C)C(=O)N(CCC)CCN(CCO)C(=O)C(=C)C. The number of hydrogen-bond donors (Lipinski definition) is 1. The molecule has 0 spiro atoms.